The SMILES string of the molecule is COCCCN1C(=O)/C(=C\c2sccc2C)NC1=S. The van der Waals surface area contributed by atoms with Crippen molar-refractivity contribution < 1.29 is 9.53 Å². The fraction of sp³-hybridized carbons (Fsp3) is 0.385. The Morgan fingerprint density at radius 1 is 1.58 bits per heavy atom. The van der Waals surface area contributed by atoms with E-state index in [-0.39, 0.29) is 5.91 Å². The Balaban J connectivity index is 2.09. The Morgan fingerprint density at radius 3 is 3.00 bits per heavy atom. The zero-order valence-corrected chi connectivity index (χ0v) is 12.6. The topological polar surface area (TPSA) is 41.6 Å². The van der Waals surface area contributed by atoms with E-state index in [0.29, 0.717) is 24.0 Å². The molecule has 19 heavy (non-hydrogen) atoms. The maximum atomic E-state index is 12.2. The van der Waals surface area contributed by atoms with Gasteiger partial charge in [0.25, 0.3) is 5.91 Å². The van der Waals surface area contributed by atoms with Crippen LogP contribution >= 0.6 is 23.6 Å². The minimum absolute atomic E-state index is 0.0612. The van der Waals surface area contributed by atoms with Gasteiger partial charge in [-0.15, -0.1) is 11.3 Å². The van der Waals surface area contributed by atoms with Gasteiger partial charge in [-0.05, 0) is 48.6 Å². The number of hydrogen-bond donors (Lipinski definition) is 1. The lowest BCUT2D eigenvalue weighted by molar-refractivity contribution is -0.122. The van der Waals surface area contributed by atoms with E-state index < -0.39 is 0 Å². The highest BCUT2D eigenvalue weighted by Gasteiger charge is 2.30. The van der Waals surface area contributed by atoms with Gasteiger partial charge in [0.2, 0.25) is 0 Å². The summed E-state index contributed by atoms with van der Waals surface area (Å²) in [5.41, 5.74) is 1.71. The number of thiophene rings is 1. The zero-order valence-electron chi connectivity index (χ0n) is 10.9. The number of thiocarbonyl (C=S) groups is 1. The van der Waals surface area contributed by atoms with Crippen LogP contribution in [0.1, 0.15) is 16.9 Å². The molecule has 1 amide bonds. The molecule has 1 aliphatic rings. The molecule has 1 N–H and O–H groups in total. The highest BCUT2D eigenvalue weighted by atomic mass is 32.1. The summed E-state index contributed by atoms with van der Waals surface area (Å²) in [6.45, 7) is 3.23. The summed E-state index contributed by atoms with van der Waals surface area (Å²) >= 11 is 6.80. The Morgan fingerprint density at radius 2 is 2.37 bits per heavy atom. The number of methoxy groups -OCH3 is 1. The van der Waals surface area contributed by atoms with E-state index in [1.807, 2.05) is 24.4 Å². The van der Waals surface area contributed by atoms with E-state index in [4.69, 9.17) is 17.0 Å². The fourth-order valence-electron chi connectivity index (χ4n) is 1.81. The van der Waals surface area contributed by atoms with E-state index >= 15 is 0 Å². The predicted octanol–water partition coefficient (Wildman–Crippen LogP) is 2.15. The third-order valence-corrected chi connectivity index (χ3v) is 4.16. The van der Waals surface area contributed by atoms with Crippen molar-refractivity contribution in [1.82, 2.24) is 10.2 Å². The standard InChI is InChI=1S/C13H16N2O2S2/c1-9-4-7-19-11(9)8-10-12(16)15(13(18)14-10)5-3-6-17-2/h4,7-8H,3,5-6H2,1-2H3,(H,14,18)/b10-8+. The van der Waals surface area contributed by atoms with E-state index in [9.17, 15) is 4.79 Å². The van der Waals surface area contributed by atoms with E-state index in [1.54, 1.807) is 23.3 Å². The van der Waals surface area contributed by atoms with Crippen LogP contribution in [0.15, 0.2) is 17.1 Å². The summed E-state index contributed by atoms with van der Waals surface area (Å²) in [7, 11) is 1.65. The van der Waals surface area contributed by atoms with Gasteiger partial charge in [-0.2, -0.15) is 0 Å². The molecule has 4 nitrogen and oxygen atoms in total. The van der Waals surface area contributed by atoms with Gasteiger partial charge in [-0.3, -0.25) is 9.69 Å². The van der Waals surface area contributed by atoms with Gasteiger partial charge < -0.3 is 10.1 Å². The molecule has 0 unspecified atom stereocenters. The van der Waals surface area contributed by atoms with Gasteiger partial charge in [-0.25, -0.2) is 0 Å². The van der Waals surface area contributed by atoms with Crippen molar-refractivity contribution >= 4 is 40.7 Å². The Kier molecular flexibility index (Phi) is 4.68. The highest BCUT2D eigenvalue weighted by molar-refractivity contribution is 7.80. The Bertz CT molecular complexity index is 522. The molecule has 1 saturated heterocycles. The summed E-state index contributed by atoms with van der Waals surface area (Å²) in [6, 6.07) is 2.03. The molecule has 1 fully saturated rings. The molecule has 1 aromatic heterocycles. The average Bonchev–Trinajstić information content (AvgIpc) is 2.89. The summed E-state index contributed by atoms with van der Waals surface area (Å²) in [4.78, 5) is 14.9. The molecule has 2 heterocycles. The average molecular weight is 296 g/mol. The van der Waals surface area contributed by atoms with Crippen LogP contribution in [0.4, 0.5) is 0 Å². The largest absolute Gasteiger partial charge is 0.385 e. The van der Waals surface area contributed by atoms with E-state index in [2.05, 4.69) is 5.32 Å². The van der Waals surface area contributed by atoms with Crippen LogP contribution in [0.3, 0.4) is 0 Å². The minimum atomic E-state index is -0.0612. The van der Waals surface area contributed by atoms with Crippen molar-refractivity contribution in [2.45, 2.75) is 13.3 Å². The van der Waals surface area contributed by atoms with Crippen molar-refractivity contribution in [3.63, 3.8) is 0 Å². The summed E-state index contributed by atoms with van der Waals surface area (Å²) < 4.78 is 4.99. The number of aryl methyl sites for hydroxylation is 1. The predicted molar refractivity (Wildman–Crippen MR) is 81.0 cm³/mol. The molecular weight excluding hydrogens is 280 g/mol. The maximum absolute atomic E-state index is 12.2. The molecule has 0 aromatic carbocycles. The lowest BCUT2D eigenvalue weighted by atomic mass is 10.2. The van der Waals surface area contributed by atoms with Crippen molar-refractivity contribution in [1.29, 1.82) is 0 Å². The second kappa shape index (κ2) is 6.27. The maximum Gasteiger partial charge on any atom is 0.276 e. The first-order chi connectivity index (χ1) is 9.13. The van der Waals surface area contributed by atoms with E-state index in [0.717, 1.165) is 16.9 Å². The third kappa shape index (κ3) is 3.20. The van der Waals surface area contributed by atoms with Crippen molar-refractivity contribution in [3.8, 4) is 0 Å². The lowest BCUT2D eigenvalue weighted by Gasteiger charge is -2.12. The Labute approximate surface area is 122 Å². The van der Waals surface area contributed by atoms with Gasteiger partial charge >= 0.3 is 0 Å². The molecule has 0 aliphatic carbocycles. The summed E-state index contributed by atoms with van der Waals surface area (Å²) in [6.07, 6.45) is 2.64. The number of ether oxygens (including phenoxy) is 1. The molecule has 0 spiro atoms. The third-order valence-electron chi connectivity index (χ3n) is 2.87. The quantitative estimate of drug-likeness (QED) is 0.513. The highest BCUT2D eigenvalue weighted by Crippen LogP contribution is 2.21. The van der Waals surface area contributed by atoms with Crippen LogP contribution in [0.2, 0.25) is 0 Å². The van der Waals surface area contributed by atoms with Crippen LogP contribution < -0.4 is 5.32 Å². The second-order valence-corrected chi connectivity index (χ2v) is 5.59. The summed E-state index contributed by atoms with van der Waals surface area (Å²) in [5.74, 6) is -0.0612. The van der Waals surface area contributed by atoms with Gasteiger partial charge in [-0.1, -0.05) is 0 Å². The van der Waals surface area contributed by atoms with E-state index in [1.165, 1.54) is 0 Å². The molecular formula is C13H16N2O2S2. The minimum Gasteiger partial charge on any atom is -0.385 e. The first-order valence-corrected chi connectivity index (χ1v) is 7.30. The van der Waals surface area contributed by atoms with Gasteiger partial charge in [0.15, 0.2) is 5.11 Å². The molecule has 102 valence electrons. The van der Waals surface area contributed by atoms with Gasteiger partial charge in [0.1, 0.15) is 5.70 Å². The second-order valence-electron chi connectivity index (χ2n) is 4.26. The van der Waals surface area contributed by atoms with Crippen LogP contribution in [-0.4, -0.2) is 36.2 Å². The van der Waals surface area contributed by atoms with Crippen LogP contribution in [0, 0.1) is 6.92 Å². The molecule has 0 saturated carbocycles. The number of nitrogens with one attached hydrogen (secondary N) is 1. The number of hydrogen-bond acceptors (Lipinski definition) is 4. The molecule has 0 atom stereocenters. The number of nitrogens with zero attached hydrogens (tertiary/aromatic N) is 1. The number of carbonyl (C=O) groups is 1. The van der Waals surface area contributed by atoms with Crippen molar-refractivity contribution in [2.24, 2.45) is 0 Å². The number of amides is 1. The molecule has 1 aromatic rings. The fourth-order valence-corrected chi connectivity index (χ4v) is 2.95. The lowest BCUT2D eigenvalue weighted by Crippen LogP contribution is -2.32. The van der Waals surface area contributed by atoms with Gasteiger partial charge in [0.05, 0.1) is 0 Å². The zero-order chi connectivity index (χ0) is 13.8. The van der Waals surface area contributed by atoms with Crippen molar-refractivity contribution in [2.75, 3.05) is 20.3 Å². The first-order valence-electron chi connectivity index (χ1n) is 6.01. The molecule has 0 radical (unpaired) electrons. The number of rotatable bonds is 5. The summed E-state index contributed by atoms with van der Waals surface area (Å²) in [5, 5.41) is 5.46. The number of carbonyl (C=O) groups excluding carboxylic acids is 1. The van der Waals surface area contributed by atoms with Gasteiger partial charge in [0, 0.05) is 25.1 Å². The Hall–Kier alpha value is -1.24. The normalized spacial score (nSPS) is 17.4. The molecule has 6 heteroatoms. The monoisotopic (exact) mass is 296 g/mol. The van der Waals surface area contributed by atoms with Crippen LogP contribution in [-0.2, 0) is 9.53 Å². The van der Waals surface area contributed by atoms with Crippen LogP contribution in [0.25, 0.3) is 6.08 Å². The van der Waals surface area contributed by atoms with Crippen LogP contribution in [0.5, 0.6) is 0 Å². The smallest absolute Gasteiger partial charge is 0.276 e. The molecule has 1 aliphatic heterocycles. The molecule has 0 bridgehead atoms. The van der Waals surface area contributed by atoms with Crippen molar-refractivity contribution in [3.05, 3.63) is 27.6 Å². The first kappa shape index (κ1) is 14.2. The molecule has 2 rings (SSSR count).